The molecule has 1 heteroatoms. The Bertz CT molecular complexity index is 186. The van der Waals surface area contributed by atoms with Gasteiger partial charge in [0.05, 0.1) is 0 Å². The Kier molecular flexibility index (Phi) is 2.70. The molecule has 0 bridgehead atoms. The topological polar surface area (TPSA) is 0 Å². The van der Waals surface area contributed by atoms with Crippen molar-refractivity contribution >= 4 is 7.85 Å². The van der Waals surface area contributed by atoms with E-state index in [-0.39, 0.29) is 0 Å². The van der Waals surface area contributed by atoms with Crippen LogP contribution in [0.15, 0.2) is 11.5 Å². The predicted octanol–water partition coefficient (Wildman–Crippen LogP) is 2.60. The molecule has 0 saturated carbocycles. The second kappa shape index (κ2) is 3.28. The lowest BCUT2D eigenvalue weighted by Crippen LogP contribution is -2.25. The van der Waals surface area contributed by atoms with Crippen LogP contribution in [0.25, 0.3) is 0 Å². The van der Waals surface area contributed by atoms with E-state index in [2.05, 4.69) is 41.6 Å². The largest absolute Gasteiger partial charge is 0.133 e. The highest BCUT2D eigenvalue weighted by Crippen LogP contribution is 2.38. The monoisotopic (exact) mass is 164 g/mol. The lowest BCUT2D eigenvalue weighted by atomic mass is 9.66. The zero-order valence-electron chi connectivity index (χ0n) is 9.15. The van der Waals surface area contributed by atoms with E-state index in [0.717, 1.165) is 11.8 Å². The minimum atomic E-state index is 0.490. The van der Waals surface area contributed by atoms with Gasteiger partial charge in [0.15, 0.2) is 0 Å². The highest BCUT2D eigenvalue weighted by Gasteiger charge is 2.28. The molecule has 0 saturated heterocycles. The van der Waals surface area contributed by atoms with Crippen LogP contribution in [0.1, 0.15) is 40.5 Å². The molecule has 0 aromatic carbocycles. The summed E-state index contributed by atoms with van der Waals surface area (Å²) in [5.41, 5.74) is 2.08. The highest BCUT2D eigenvalue weighted by molar-refractivity contribution is 6.21. The Morgan fingerprint density at radius 2 is 2.00 bits per heavy atom. The summed E-state index contributed by atoms with van der Waals surface area (Å²) in [5, 5.41) is 0. The van der Waals surface area contributed by atoms with Gasteiger partial charge in [-0.2, -0.15) is 0 Å². The fourth-order valence-electron chi connectivity index (χ4n) is 2.20. The standard InChI is InChI=1S/C11H21B/c1-8-5-9(11(2,3)4)7-10(12)6-8/h6,8-9H,5,7,12H2,1-4H3. The third-order valence-corrected chi connectivity index (χ3v) is 3.02. The van der Waals surface area contributed by atoms with Gasteiger partial charge < -0.3 is 0 Å². The van der Waals surface area contributed by atoms with Gasteiger partial charge in [-0.25, -0.2) is 0 Å². The molecule has 2 unspecified atom stereocenters. The second-order valence-electron chi connectivity index (χ2n) is 5.49. The molecule has 0 nitrogen and oxygen atoms in total. The Hall–Kier alpha value is -0.195. The molecular formula is C11H21B. The summed E-state index contributed by atoms with van der Waals surface area (Å²) >= 11 is 0. The predicted molar refractivity (Wildman–Crippen MR) is 58.0 cm³/mol. The van der Waals surface area contributed by atoms with E-state index in [1.807, 2.05) is 0 Å². The van der Waals surface area contributed by atoms with E-state index < -0.39 is 0 Å². The van der Waals surface area contributed by atoms with Crippen molar-refractivity contribution in [1.29, 1.82) is 0 Å². The second-order valence-corrected chi connectivity index (χ2v) is 5.49. The molecule has 0 spiro atoms. The van der Waals surface area contributed by atoms with Crippen molar-refractivity contribution in [2.24, 2.45) is 17.3 Å². The van der Waals surface area contributed by atoms with Gasteiger partial charge in [-0.15, -0.1) is 5.47 Å². The Morgan fingerprint density at radius 3 is 2.42 bits per heavy atom. The molecule has 1 rings (SSSR count). The lowest BCUT2D eigenvalue weighted by Gasteiger charge is -2.35. The van der Waals surface area contributed by atoms with Crippen LogP contribution in [0.2, 0.25) is 0 Å². The minimum Gasteiger partial charge on any atom is -0.113 e. The molecule has 0 radical (unpaired) electrons. The Morgan fingerprint density at radius 1 is 1.42 bits per heavy atom. The fraction of sp³-hybridized carbons (Fsp3) is 0.818. The molecule has 0 aromatic rings. The van der Waals surface area contributed by atoms with Crippen molar-refractivity contribution in [3.8, 4) is 0 Å². The van der Waals surface area contributed by atoms with Gasteiger partial charge in [0.1, 0.15) is 7.85 Å². The maximum absolute atomic E-state index is 2.43. The first-order valence-corrected chi connectivity index (χ1v) is 5.07. The van der Waals surface area contributed by atoms with Gasteiger partial charge in [0.2, 0.25) is 0 Å². The summed E-state index contributed by atoms with van der Waals surface area (Å²) < 4.78 is 0. The zero-order valence-corrected chi connectivity index (χ0v) is 9.15. The first-order valence-electron chi connectivity index (χ1n) is 5.07. The van der Waals surface area contributed by atoms with Gasteiger partial charge >= 0.3 is 0 Å². The van der Waals surface area contributed by atoms with Gasteiger partial charge in [0, 0.05) is 0 Å². The Balaban J connectivity index is 2.68. The molecule has 0 aliphatic heterocycles. The summed E-state index contributed by atoms with van der Waals surface area (Å²) in [5.74, 6) is 1.68. The number of allylic oxidation sites excluding steroid dienone is 2. The van der Waals surface area contributed by atoms with Crippen LogP contribution in [0.5, 0.6) is 0 Å². The van der Waals surface area contributed by atoms with Crippen LogP contribution < -0.4 is 0 Å². The molecule has 0 aromatic heterocycles. The van der Waals surface area contributed by atoms with Crippen molar-refractivity contribution in [3.63, 3.8) is 0 Å². The van der Waals surface area contributed by atoms with Crippen LogP contribution >= 0.6 is 0 Å². The van der Waals surface area contributed by atoms with E-state index in [0.29, 0.717) is 5.41 Å². The smallest absolute Gasteiger partial charge is 0.113 e. The molecule has 0 N–H and O–H groups in total. The van der Waals surface area contributed by atoms with Crippen LogP contribution in [-0.2, 0) is 0 Å². The summed E-state index contributed by atoms with van der Waals surface area (Å²) in [6.07, 6.45) is 5.12. The number of hydrogen-bond acceptors (Lipinski definition) is 0. The van der Waals surface area contributed by atoms with Gasteiger partial charge in [0.25, 0.3) is 0 Å². The van der Waals surface area contributed by atoms with E-state index in [1.54, 1.807) is 5.47 Å². The molecule has 12 heavy (non-hydrogen) atoms. The quantitative estimate of drug-likeness (QED) is 0.482. The van der Waals surface area contributed by atoms with Crippen LogP contribution in [-0.4, -0.2) is 7.85 Å². The highest BCUT2D eigenvalue weighted by atomic mass is 14.3. The maximum Gasteiger partial charge on any atom is 0.133 e. The first-order chi connectivity index (χ1) is 5.39. The van der Waals surface area contributed by atoms with E-state index >= 15 is 0 Å². The molecule has 0 heterocycles. The van der Waals surface area contributed by atoms with Crippen LogP contribution in [0, 0.1) is 17.3 Å². The average Bonchev–Trinajstić information content (AvgIpc) is 1.82. The van der Waals surface area contributed by atoms with Crippen molar-refractivity contribution in [3.05, 3.63) is 11.5 Å². The first kappa shape index (κ1) is 9.89. The lowest BCUT2D eigenvalue weighted by molar-refractivity contribution is 0.202. The maximum atomic E-state index is 2.43. The summed E-state index contributed by atoms with van der Waals surface area (Å²) in [6, 6.07) is 0. The fourth-order valence-corrected chi connectivity index (χ4v) is 2.20. The van der Waals surface area contributed by atoms with E-state index in [4.69, 9.17) is 0 Å². The molecule has 0 amide bonds. The van der Waals surface area contributed by atoms with Crippen molar-refractivity contribution in [1.82, 2.24) is 0 Å². The van der Waals surface area contributed by atoms with Crippen LogP contribution in [0.3, 0.4) is 0 Å². The average molecular weight is 164 g/mol. The molecule has 68 valence electrons. The van der Waals surface area contributed by atoms with Gasteiger partial charge in [-0.05, 0) is 30.1 Å². The summed E-state index contributed by atoms with van der Waals surface area (Å²) in [6.45, 7) is 9.43. The molecule has 2 atom stereocenters. The minimum absolute atomic E-state index is 0.490. The summed E-state index contributed by atoms with van der Waals surface area (Å²) in [7, 11) is 2.27. The third-order valence-electron chi connectivity index (χ3n) is 3.02. The number of rotatable bonds is 0. The zero-order chi connectivity index (χ0) is 9.35. The molecular weight excluding hydrogens is 143 g/mol. The van der Waals surface area contributed by atoms with Crippen molar-refractivity contribution in [2.45, 2.75) is 40.5 Å². The van der Waals surface area contributed by atoms with Gasteiger partial charge in [-0.1, -0.05) is 33.8 Å². The molecule has 0 fully saturated rings. The van der Waals surface area contributed by atoms with Gasteiger partial charge in [-0.3, -0.25) is 0 Å². The van der Waals surface area contributed by atoms with Crippen molar-refractivity contribution < 1.29 is 0 Å². The Labute approximate surface area is 77.8 Å². The van der Waals surface area contributed by atoms with Crippen LogP contribution in [0.4, 0.5) is 0 Å². The summed E-state index contributed by atoms with van der Waals surface area (Å²) in [4.78, 5) is 0. The number of hydrogen-bond donors (Lipinski definition) is 0. The normalized spacial score (nSPS) is 31.5. The van der Waals surface area contributed by atoms with E-state index in [9.17, 15) is 0 Å². The van der Waals surface area contributed by atoms with E-state index in [1.165, 1.54) is 12.8 Å². The molecule has 1 aliphatic carbocycles. The molecule has 1 aliphatic rings. The SMILES string of the molecule is BC1=CC(C)CC(C(C)(C)C)C1. The van der Waals surface area contributed by atoms with Crippen molar-refractivity contribution in [2.75, 3.05) is 0 Å². The third kappa shape index (κ3) is 2.40.